The summed E-state index contributed by atoms with van der Waals surface area (Å²) < 4.78 is 45.5. The zero-order valence-corrected chi connectivity index (χ0v) is 36.7. The number of benzene rings is 4. The summed E-state index contributed by atoms with van der Waals surface area (Å²) in [5, 5.41) is 0. The Kier molecular flexibility index (Phi) is 21.9. The molecule has 0 N–H and O–H groups in total. The largest absolute Gasteiger partial charge is 2.00 e. The van der Waals surface area contributed by atoms with Crippen LogP contribution in [0.5, 0.6) is 0 Å². The number of rotatable bonds is 23. The Balaban J connectivity index is 0.00000113. The first-order chi connectivity index (χ1) is 30.1. The van der Waals surface area contributed by atoms with E-state index in [2.05, 4.69) is 24.3 Å². The molecule has 0 aliphatic carbocycles. The minimum Gasteiger partial charge on any atom is -0.465 e. The molecule has 1 fully saturated rings. The Bertz CT molecular complexity index is 1960. The molecule has 0 aromatic heterocycles. The number of carbonyl (C=O) groups excluding carboxylic acids is 1. The van der Waals surface area contributed by atoms with Gasteiger partial charge < -0.3 is 33.2 Å². The van der Waals surface area contributed by atoms with E-state index in [0.717, 1.165) is 47.9 Å². The molecule has 0 saturated carbocycles. The van der Waals surface area contributed by atoms with Gasteiger partial charge in [-0.1, -0.05) is 134 Å². The Labute approximate surface area is 378 Å². The molecular weight excluding hydrogens is 820 g/mol. The molecule has 1 heterocycles. The smallest absolute Gasteiger partial charge is 0.465 e. The van der Waals surface area contributed by atoms with Crippen LogP contribution >= 0.6 is 0 Å². The molecule has 1 unspecified atom stereocenters. The van der Waals surface area contributed by atoms with Crippen LogP contribution in [0.4, 0.5) is 0 Å². The van der Waals surface area contributed by atoms with Gasteiger partial charge in [-0.05, 0) is 42.0 Å². The molecule has 62 heavy (non-hydrogen) atoms. The van der Waals surface area contributed by atoms with Crippen molar-refractivity contribution in [2.75, 3.05) is 19.8 Å². The van der Waals surface area contributed by atoms with Crippen molar-refractivity contribution in [2.45, 2.75) is 89.7 Å². The molecule has 1 saturated heterocycles. The van der Waals surface area contributed by atoms with Crippen molar-refractivity contribution >= 4 is 5.97 Å². The van der Waals surface area contributed by atoms with E-state index in [1.165, 1.54) is 5.56 Å². The number of hydrogen-bond donors (Lipinski definition) is 0. The van der Waals surface area contributed by atoms with Crippen molar-refractivity contribution in [1.29, 1.82) is 0 Å². The van der Waals surface area contributed by atoms with Gasteiger partial charge in [0.25, 0.3) is 0 Å². The number of unbranched alkanes of at least 4 members (excludes halogenated alkanes) is 2. The zero-order valence-electron chi connectivity index (χ0n) is 35.6. The fourth-order valence-electron chi connectivity index (χ4n) is 7.01. The van der Waals surface area contributed by atoms with Crippen LogP contribution in [0.3, 0.4) is 0 Å². The van der Waals surface area contributed by atoms with Crippen LogP contribution in [0.15, 0.2) is 176 Å². The predicted octanol–water partition coefficient (Wildman–Crippen LogP) is 10.4. The summed E-state index contributed by atoms with van der Waals surface area (Å²) in [5.41, 5.74) is 5.42. The number of ether oxygens (including phenoxy) is 7. The Hall–Kier alpha value is -4.67. The third-order valence-corrected chi connectivity index (χ3v) is 10.4. The maximum Gasteiger partial charge on any atom is 2.00 e. The fraction of sp³-hybridized carbons (Fsp3) is 0.340. The predicted molar refractivity (Wildman–Crippen MR) is 238 cm³/mol. The molecule has 6 aromatic carbocycles. The van der Waals surface area contributed by atoms with Gasteiger partial charge in [-0.3, -0.25) is 4.79 Å². The van der Waals surface area contributed by atoms with E-state index in [0.29, 0.717) is 33.0 Å². The number of carbonyl (C=O) groups is 1. The average Bonchev–Trinajstić information content (AvgIpc) is 4.08. The molecule has 328 valence electrons. The molecule has 0 spiro atoms. The van der Waals surface area contributed by atoms with Crippen molar-refractivity contribution in [3.63, 3.8) is 0 Å². The standard InChI is InChI=1S/C48H55O8.C5H5.Fe/c1-37(47(49)51-30-18-6-15-19-38-20-16-17-21-38)31-55-48-46(54-35-42-28-13-5-14-29-42)45(53-34-41-26-11-4-12-27-41)44(52-33-40-24-9-3-10-25-40)43(56-48)36-50-32-39-22-7-2-8-23-39;1-2-4-5-3-1;/h2-5,7-14,16-17,20-29,37,43-46,48H,6,15,18-19,30-36H2,1H3;1-5H;/q2*-1;+2/t37-,43-,44-,45+,46+,48?;;/m1../s1. The molecule has 0 bridgehead atoms. The topological polar surface area (TPSA) is 81.7 Å². The van der Waals surface area contributed by atoms with E-state index in [9.17, 15) is 4.79 Å². The average molecular weight is 881 g/mol. The van der Waals surface area contributed by atoms with Crippen LogP contribution in [0.25, 0.3) is 0 Å². The van der Waals surface area contributed by atoms with Crippen molar-refractivity contribution in [1.82, 2.24) is 0 Å². The number of hydrogen-bond acceptors (Lipinski definition) is 8. The normalized spacial score (nSPS) is 18.8. The molecule has 9 heteroatoms. The van der Waals surface area contributed by atoms with E-state index < -0.39 is 36.6 Å². The van der Waals surface area contributed by atoms with Gasteiger partial charge in [0.05, 0.1) is 52.2 Å². The Morgan fingerprint density at radius 2 is 1.11 bits per heavy atom. The minimum atomic E-state index is -0.896. The molecule has 7 rings (SSSR count). The second kappa shape index (κ2) is 28.1. The van der Waals surface area contributed by atoms with Crippen LogP contribution in [-0.2, 0) is 87.9 Å². The summed E-state index contributed by atoms with van der Waals surface area (Å²) in [6.45, 7) is 3.84. The van der Waals surface area contributed by atoms with Crippen LogP contribution in [0.2, 0.25) is 0 Å². The van der Waals surface area contributed by atoms with E-state index in [1.54, 1.807) is 0 Å². The van der Waals surface area contributed by atoms with E-state index in [4.69, 9.17) is 33.2 Å². The zero-order chi connectivity index (χ0) is 42.2. The van der Waals surface area contributed by atoms with Gasteiger partial charge in [-0.25, -0.2) is 24.3 Å². The van der Waals surface area contributed by atoms with Crippen LogP contribution < -0.4 is 0 Å². The molecular formula is C53H60FeO8. The Morgan fingerprint density at radius 1 is 0.581 bits per heavy atom. The van der Waals surface area contributed by atoms with Crippen LogP contribution in [0, 0.1) is 5.92 Å². The van der Waals surface area contributed by atoms with E-state index >= 15 is 0 Å². The maximum atomic E-state index is 13.1. The molecule has 1 aliphatic rings. The molecule has 6 atom stereocenters. The fourth-order valence-corrected chi connectivity index (χ4v) is 7.01. The summed E-state index contributed by atoms with van der Waals surface area (Å²) in [4.78, 5) is 13.1. The van der Waals surface area contributed by atoms with Gasteiger partial charge in [0.1, 0.15) is 24.4 Å². The van der Waals surface area contributed by atoms with Gasteiger partial charge in [0.15, 0.2) is 6.29 Å². The van der Waals surface area contributed by atoms with Crippen molar-refractivity contribution < 1.29 is 55.0 Å². The summed E-state index contributed by atoms with van der Waals surface area (Å²) in [7, 11) is 0. The minimum absolute atomic E-state index is 0. The SMILES string of the molecule is C[C@H](COC1O[C@H](COCc2ccccc2)[C@@H](OCc2ccccc2)[C@H](OCc2ccccc2)[C@@H]1OCc1ccccc1)C(=O)OCCCCCc1ccc[cH-]1.[Fe+2].c1cc[cH-]c1. The molecule has 6 aromatic rings. The van der Waals surface area contributed by atoms with Gasteiger partial charge in [0.2, 0.25) is 0 Å². The third kappa shape index (κ3) is 16.9. The van der Waals surface area contributed by atoms with Gasteiger partial charge >= 0.3 is 23.0 Å². The van der Waals surface area contributed by atoms with E-state index in [1.807, 2.05) is 159 Å². The molecule has 8 nitrogen and oxygen atoms in total. The van der Waals surface area contributed by atoms with Gasteiger partial charge in [0, 0.05) is 0 Å². The maximum absolute atomic E-state index is 13.1. The van der Waals surface area contributed by atoms with Crippen LogP contribution in [-0.4, -0.2) is 56.5 Å². The van der Waals surface area contributed by atoms with Crippen molar-refractivity contribution in [3.8, 4) is 0 Å². The first-order valence-corrected chi connectivity index (χ1v) is 21.5. The third-order valence-electron chi connectivity index (χ3n) is 10.4. The monoisotopic (exact) mass is 880 g/mol. The first kappa shape index (κ1) is 48.4. The Morgan fingerprint density at radius 3 is 1.63 bits per heavy atom. The van der Waals surface area contributed by atoms with Gasteiger partial charge in [-0.2, -0.15) is 35.9 Å². The van der Waals surface area contributed by atoms with Crippen LogP contribution in [0.1, 0.15) is 54.0 Å². The number of aryl methyl sites for hydroxylation is 1. The molecule has 0 radical (unpaired) electrons. The van der Waals surface area contributed by atoms with Crippen molar-refractivity contribution in [2.24, 2.45) is 5.92 Å². The molecule has 1 aliphatic heterocycles. The first-order valence-electron chi connectivity index (χ1n) is 21.5. The quantitative estimate of drug-likeness (QED) is 0.0272. The summed E-state index contributed by atoms with van der Waals surface area (Å²) in [5.74, 6) is -0.830. The second-order valence-corrected chi connectivity index (χ2v) is 15.3. The summed E-state index contributed by atoms with van der Waals surface area (Å²) in [6.07, 6.45) is 0.501. The molecule has 0 amide bonds. The van der Waals surface area contributed by atoms with E-state index in [-0.39, 0.29) is 36.3 Å². The second-order valence-electron chi connectivity index (χ2n) is 15.3. The number of esters is 1. The van der Waals surface area contributed by atoms with Crippen molar-refractivity contribution in [3.05, 3.63) is 204 Å². The van der Waals surface area contributed by atoms with Gasteiger partial charge in [-0.15, -0.1) is 0 Å². The summed E-state index contributed by atoms with van der Waals surface area (Å²) >= 11 is 0. The summed E-state index contributed by atoms with van der Waals surface area (Å²) in [6, 6.07) is 58.5.